The molecule has 0 bridgehead atoms. The Morgan fingerprint density at radius 1 is 1.40 bits per heavy atom. The maximum absolute atomic E-state index is 10.9. The Hall–Kier alpha value is -0.313. The van der Waals surface area contributed by atoms with Gasteiger partial charge in [-0.1, -0.05) is 6.92 Å². The van der Waals surface area contributed by atoms with E-state index in [1.54, 1.807) is 0 Å². The van der Waals surface area contributed by atoms with Gasteiger partial charge in [-0.2, -0.15) is 0 Å². The third-order valence-electron chi connectivity index (χ3n) is 0.874. The average Bonchev–Trinajstić information content (AvgIpc) is 1.59. The van der Waals surface area contributed by atoms with Crippen LogP contribution in [0.3, 0.4) is 0 Å². The third-order valence-corrected chi connectivity index (χ3v) is 1.71. The van der Waals surface area contributed by atoms with Crippen LogP contribution in [0.25, 0.3) is 0 Å². The van der Waals surface area contributed by atoms with E-state index in [9.17, 15) is 4.79 Å². The molecular formula is C7H16O2Si. The predicted molar refractivity (Wildman–Crippen MR) is 44.3 cm³/mol. The third kappa shape index (κ3) is 5.82. The van der Waals surface area contributed by atoms with E-state index in [4.69, 9.17) is 4.43 Å². The molecule has 3 heteroatoms. The lowest BCUT2D eigenvalue weighted by Crippen LogP contribution is -2.28. The minimum absolute atomic E-state index is 0.0401. The van der Waals surface area contributed by atoms with E-state index in [2.05, 4.69) is 0 Å². The molecule has 2 nitrogen and oxygen atoms in total. The highest BCUT2D eigenvalue weighted by Gasteiger charge is 2.18. The topological polar surface area (TPSA) is 26.3 Å². The Kier molecular flexibility index (Phi) is 3.64. The Bertz CT molecular complexity index is 115. The lowest BCUT2D eigenvalue weighted by Gasteiger charge is -2.16. The highest BCUT2D eigenvalue weighted by atomic mass is 28.4. The number of hydrogen-bond donors (Lipinski definition) is 0. The van der Waals surface area contributed by atoms with Gasteiger partial charge in [-0.25, -0.2) is 0 Å². The van der Waals surface area contributed by atoms with Crippen molar-refractivity contribution in [3.05, 3.63) is 0 Å². The predicted octanol–water partition coefficient (Wildman–Crippen LogP) is 2.16. The van der Waals surface area contributed by atoms with Gasteiger partial charge in [0.25, 0.3) is 5.97 Å². The van der Waals surface area contributed by atoms with Crippen LogP contribution in [-0.4, -0.2) is 14.3 Å². The van der Waals surface area contributed by atoms with Gasteiger partial charge < -0.3 is 4.43 Å². The molecule has 60 valence electrons. The van der Waals surface area contributed by atoms with Gasteiger partial charge in [-0.15, -0.1) is 0 Å². The van der Waals surface area contributed by atoms with Gasteiger partial charge in [0, 0.05) is 6.42 Å². The van der Waals surface area contributed by atoms with Crippen LogP contribution in [0, 0.1) is 0 Å². The van der Waals surface area contributed by atoms with Crippen LogP contribution in [0.4, 0.5) is 0 Å². The summed E-state index contributed by atoms with van der Waals surface area (Å²) < 4.78 is 5.18. The summed E-state index contributed by atoms with van der Waals surface area (Å²) in [5.74, 6) is -0.0401. The summed E-state index contributed by atoms with van der Waals surface area (Å²) in [6, 6.07) is 0. The number of rotatable bonds is 3. The number of hydrogen-bond acceptors (Lipinski definition) is 2. The van der Waals surface area contributed by atoms with E-state index >= 15 is 0 Å². The summed E-state index contributed by atoms with van der Waals surface area (Å²) in [5.41, 5.74) is 0. The lowest BCUT2D eigenvalue weighted by atomic mass is 10.4. The van der Waals surface area contributed by atoms with E-state index in [0.29, 0.717) is 6.42 Å². The first-order chi connectivity index (χ1) is 4.45. The highest BCUT2D eigenvalue weighted by Crippen LogP contribution is 2.04. The fourth-order valence-electron chi connectivity index (χ4n) is 0.597. The van der Waals surface area contributed by atoms with Crippen molar-refractivity contribution < 1.29 is 9.22 Å². The molecule has 0 aromatic rings. The summed E-state index contributed by atoms with van der Waals surface area (Å²) >= 11 is 0. The van der Waals surface area contributed by atoms with Gasteiger partial charge in [0.2, 0.25) is 8.32 Å². The van der Waals surface area contributed by atoms with Gasteiger partial charge in [0.05, 0.1) is 0 Å². The molecule has 0 atom stereocenters. The smallest absolute Gasteiger partial charge is 0.292 e. The molecule has 0 spiro atoms. The standard InChI is InChI=1S/C7H16O2Si/c1-5-6-7(8)9-10(2,3)4/h5-6H2,1-4H3. The van der Waals surface area contributed by atoms with Crippen LogP contribution >= 0.6 is 0 Å². The summed E-state index contributed by atoms with van der Waals surface area (Å²) in [5, 5.41) is 0. The zero-order valence-electron chi connectivity index (χ0n) is 7.23. The molecule has 0 fully saturated rings. The van der Waals surface area contributed by atoms with Gasteiger partial charge in [-0.05, 0) is 26.1 Å². The van der Waals surface area contributed by atoms with Crippen molar-refractivity contribution in [1.82, 2.24) is 0 Å². The zero-order valence-corrected chi connectivity index (χ0v) is 8.23. The summed E-state index contributed by atoms with van der Waals surface area (Å²) in [4.78, 5) is 10.9. The fraction of sp³-hybridized carbons (Fsp3) is 0.857. The van der Waals surface area contributed by atoms with Crippen LogP contribution < -0.4 is 0 Å². The molecule has 0 saturated carbocycles. The molecule has 10 heavy (non-hydrogen) atoms. The maximum Gasteiger partial charge on any atom is 0.292 e. The first-order valence-corrected chi connectivity index (χ1v) is 7.08. The minimum Gasteiger partial charge on any atom is -0.520 e. The van der Waals surface area contributed by atoms with Crippen LogP contribution in [0.1, 0.15) is 19.8 Å². The molecule has 0 aliphatic carbocycles. The van der Waals surface area contributed by atoms with Crippen LogP contribution in [0.5, 0.6) is 0 Å². The Morgan fingerprint density at radius 2 is 1.90 bits per heavy atom. The van der Waals surface area contributed by atoms with Gasteiger partial charge in [-0.3, -0.25) is 4.79 Å². The fourth-order valence-corrected chi connectivity index (χ4v) is 1.38. The second-order valence-corrected chi connectivity index (χ2v) is 7.77. The van der Waals surface area contributed by atoms with Crippen molar-refractivity contribution in [2.45, 2.75) is 39.4 Å². The molecular weight excluding hydrogens is 144 g/mol. The second-order valence-electron chi connectivity index (χ2n) is 3.34. The van der Waals surface area contributed by atoms with Gasteiger partial charge >= 0.3 is 0 Å². The molecule has 0 radical (unpaired) electrons. The van der Waals surface area contributed by atoms with Crippen molar-refractivity contribution in [3.8, 4) is 0 Å². The van der Waals surface area contributed by atoms with Crippen molar-refractivity contribution in [2.24, 2.45) is 0 Å². The molecule has 0 aliphatic rings. The van der Waals surface area contributed by atoms with Crippen molar-refractivity contribution >= 4 is 14.3 Å². The Balaban J connectivity index is 3.58. The van der Waals surface area contributed by atoms with E-state index in [1.165, 1.54) is 0 Å². The SMILES string of the molecule is CCCC(=O)O[Si](C)(C)C. The highest BCUT2D eigenvalue weighted by molar-refractivity contribution is 6.71. The van der Waals surface area contributed by atoms with Crippen molar-refractivity contribution in [3.63, 3.8) is 0 Å². The van der Waals surface area contributed by atoms with Crippen LogP contribution in [0.2, 0.25) is 19.6 Å². The molecule has 0 N–H and O–H groups in total. The first-order valence-electron chi connectivity index (χ1n) is 3.67. The molecule has 0 heterocycles. The summed E-state index contributed by atoms with van der Waals surface area (Å²) in [6.45, 7) is 8.02. The normalized spacial score (nSPS) is 11.2. The molecule has 0 unspecified atom stereocenters. The minimum atomic E-state index is -1.61. The maximum atomic E-state index is 10.9. The molecule has 0 aromatic carbocycles. The van der Waals surface area contributed by atoms with Crippen LogP contribution in [0.15, 0.2) is 0 Å². The molecule has 0 rings (SSSR count). The van der Waals surface area contributed by atoms with E-state index in [0.717, 1.165) is 6.42 Å². The monoisotopic (exact) mass is 160 g/mol. The Morgan fingerprint density at radius 3 is 2.20 bits per heavy atom. The molecule has 0 aromatic heterocycles. The first kappa shape index (κ1) is 9.69. The second kappa shape index (κ2) is 3.76. The molecule has 0 saturated heterocycles. The van der Waals surface area contributed by atoms with Crippen LogP contribution in [-0.2, 0) is 9.22 Å². The van der Waals surface area contributed by atoms with E-state index in [-0.39, 0.29) is 5.97 Å². The van der Waals surface area contributed by atoms with E-state index < -0.39 is 8.32 Å². The quantitative estimate of drug-likeness (QED) is 0.591. The molecule has 0 amide bonds. The average molecular weight is 160 g/mol. The van der Waals surface area contributed by atoms with E-state index in [1.807, 2.05) is 26.6 Å². The Labute approximate surface area is 63.7 Å². The zero-order chi connectivity index (χ0) is 8.20. The number of carbonyl (C=O) groups is 1. The number of carbonyl (C=O) groups excluding carboxylic acids is 1. The summed E-state index contributed by atoms with van der Waals surface area (Å²) in [7, 11) is -1.61. The largest absolute Gasteiger partial charge is 0.520 e. The van der Waals surface area contributed by atoms with Gasteiger partial charge in [0.1, 0.15) is 0 Å². The van der Waals surface area contributed by atoms with Crippen molar-refractivity contribution in [1.29, 1.82) is 0 Å². The van der Waals surface area contributed by atoms with Crippen molar-refractivity contribution in [2.75, 3.05) is 0 Å². The molecule has 0 aliphatic heterocycles. The van der Waals surface area contributed by atoms with Gasteiger partial charge in [0.15, 0.2) is 0 Å². The lowest BCUT2D eigenvalue weighted by molar-refractivity contribution is -0.135. The summed E-state index contributed by atoms with van der Waals surface area (Å²) in [6.07, 6.45) is 1.44.